The summed E-state index contributed by atoms with van der Waals surface area (Å²) in [6.07, 6.45) is 4.99. The van der Waals surface area contributed by atoms with Crippen molar-refractivity contribution in [2.75, 3.05) is 6.54 Å². The van der Waals surface area contributed by atoms with Crippen molar-refractivity contribution in [1.29, 1.82) is 0 Å². The average molecular weight is 302 g/mol. The van der Waals surface area contributed by atoms with Gasteiger partial charge < -0.3 is 11.1 Å². The van der Waals surface area contributed by atoms with Gasteiger partial charge in [0.05, 0.1) is 0 Å². The molecule has 1 aliphatic rings. The van der Waals surface area contributed by atoms with Crippen molar-refractivity contribution in [1.82, 2.24) is 5.32 Å². The normalized spacial score (nSPS) is 22.4. The minimum atomic E-state index is -0.0568. The number of benzene rings is 1. The summed E-state index contributed by atoms with van der Waals surface area (Å²) >= 11 is 0. The largest absolute Gasteiger partial charge is 0.355 e. The maximum atomic E-state index is 12.4. The van der Waals surface area contributed by atoms with Crippen LogP contribution in [-0.4, -0.2) is 18.5 Å². The zero-order valence-electron chi connectivity index (χ0n) is 14.2. The summed E-state index contributed by atoms with van der Waals surface area (Å²) in [6, 6.07) is 8.92. The van der Waals surface area contributed by atoms with E-state index in [9.17, 15) is 4.79 Å². The van der Waals surface area contributed by atoms with Gasteiger partial charge in [-0.3, -0.25) is 4.79 Å². The maximum absolute atomic E-state index is 12.4. The lowest BCUT2D eigenvalue weighted by molar-refractivity contribution is -0.126. The zero-order valence-corrected chi connectivity index (χ0v) is 14.2. The van der Waals surface area contributed by atoms with E-state index in [1.807, 2.05) is 0 Å². The average Bonchev–Trinajstić information content (AvgIpc) is 2.52. The molecule has 122 valence electrons. The fraction of sp³-hybridized carbons (Fsp3) is 0.632. The molecule has 1 aromatic carbocycles. The van der Waals surface area contributed by atoms with Crippen molar-refractivity contribution in [2.24, 2.45) is 11.7 Å². The van der Waals surface area contributed by atoms with Gasteiger partial charge in [-0.1, -0.05) is 51.5 Å². The quantitative estimate of drug-likeness (QED) is 0.878. The van der Waals surface area contributed by atoms with E-state index in [1.165, 1.54) is 11.1 Å². The molecule has 0 saturated heterocycles. The number of rotatable bonds is 5. The summed E-state index contributed by atoms with van der Waals surface area (Å²) in [4.78, 5) is 12.4. The fourth-order valence-corrected chi connectivity index (χ4v) is 3.21. The molecule has 0 heterocycles. The molecule has 1 amide bonds. The van der Waals surface area contributed by atoms with Crippen LogP contribution in [-0.2, 0) is 16.6 Å². The van der Waals surface area contributed by atoms with Crippen LogP contribution < -0.4 is 11.1 Å². The second kappa shape index (κ2) is 7.28. The molecule has 0 spiro atoms. The number of aryl methyl sites for hydroxylation is 1. The second-order valence-corrected chi connectivity index (χ2v) is 7.28. The summed E-state index contributed by atoms with van der Waals surface area (Å²) in [5.74, 6) is 0.274. The predicted molar refractivity (Wildman–Crippen MR) is 91.8 cm³/mol. The van der Waals surface area contributed by atoms with Gasteiger partial charge in [0.25, 0.3) is 0 Å². The minimum absolute atomic E-state index is 0.0568. The zero-order chi connectivity index (χ0) is 16.2. The van der Waals surface area contributed by atoms with E-state index < -0.39 is 0 Å². The van der Waals surface area contributed by atoms with Crippen LogP contribution in [0.5, 0.6) is 0 Å². The van der Waals surface area contributed by atoms with E-state index >= 15 is 0 Å². The Morgan fingerprint density at radius 2 is 1.95 bits per heavy atom. The minimum Gasteiger partial charge on any atom is -0.355 e. The van der Waals surface area contributed by atoms with Crippen molar-refractivity contribution < 1.29 is 4.79 Å². The van der Waals surface area contributed by atoms with E-state index in [0.29, 0.717) is 6.54 Å². The summed E-state index contributed by atoms with van der Waals surface area (Å²) in [5, 5.41) is 3.15. The van der Waals surface area contributed by atoms with Gasteiger partial charge in [-0.05, 0) is 36.8 Å². The molecule has 0 aromatic heterocycles. The van der Waals surface area contributed by atoms with Crippen LogP contribution in [0.15, 0.2) is 24.3 Å². The van der Waals surface area contributed by atoms with Crippen LogP contribution >= 0.6 is 0 Å². The summed E-state index contributed by atoms with van der Waals surface area (Å²) < 4.78 is 0. The first-order chi connectivity index (χ1) is 10.4. The van der Waals surface area contributed by atoms with Crippen LogP contribution in [0.3, 0.4) is 0 Å². The molecule has 2 unspecified atom stereocenters. The first-order valence-corrected chi connectivity index (χ1v) is 8.55. The smallest absolute Gasteiger partial charge is 0.223 e. The molecule has 0 aliphatic heterocycles. The standard InChI is InChI=1S/C19H30N2O/c1-4-14-8-10-16(11-9-14)19(2,3)13-21-18(22)15-6-5-7-17(20)12-15/h8-11,15,17H,4-7,12-13,20H2,1-3H3,(H,21,22). The van der Waals surface area contributed by atoms with Gasteiger partial charge in [0, 0.05) is 23.9 Å². The second-order valence-electron chi connectivity index (χ2n) is 7.28. The van der Waals surface area contributed by atoms with Gasteiger partial charge in [0.2, 0.25) is 5.91 Å². The third-order valence-electron chi connectivity index (χ3n) is 4.93. The third-order valence-corrected chi connectivity index (χ3v) is 4.93. The number of carbonyl (C=O) groups excluding carboxylic acids is 1. The fourth-order valence-electron chi connectivity index (χ4n) is 3.21. The highest BCUT2D eigenvalue weighted by Crippen LogP contribution is 2.25. The maximum Gasteiger partial charge on any atom is 0.223 e. The van der Waals surface area contributed by atoms with E-state index in [1.54, 1.807) is 0 Å². The lowest BCUT2D eigenvalue weighted by Crippen LogP contribution is -2.42. The number of nitrogens with two attached hydrogens (primary N) is 1. The Hall–Kier alpha value is -1.35. The lowest BCUT2D eigenvalue weighted by atomic mass is 9.83. The predicted octanol–water partition coefficient (Wildman–Crippen LogP) is 3.16. The van der Waals surface area contributed by atoms with Crippen molar-refractivity contribution in [3.05, 3.63) is 35.4 Å². The van der Waals surface area contributed by atoms with Crippen LogP contribution in [0.25, 0.3) is 0 Å². The third kappa shape index (κ3) is 4.33. The Labute approximate surface area is 134 Å². The highest BCUT2D eigenvalue weighted by Gasteiger charge is 2.27. The van der Waals surface area contributed by atoms with Crippen LogP contribution in [0.2, 0.25) is 0 Å². The van der Waals surface area contributed by atoms with Crippen LogP contribution in [0.4, 0.5) is 0 Å². The van der Waals surface area contributed by atoms with Gasteiger partial charge >= 0.3 is 0 Å². The Kier molecular flexibility index (Phi) is 5.63. The number of hydrogen-bond acceptors (Lipinski definition) is 2. The first-order valence-electron chi connectivity index (χ1n) is 8.55. The number of nitrogens with one attached hydrogen (secondary N) is 1. The topological polar surface area (TPSA) is 55.1 Å². The molecule has 22 heavy (non-hydrogen) atoms. The van der Waals surface area contributed by atoms with Crippen LogP contribution in [0, 0.1) is 5.92 Å². The highest BCUT2D eigenvalue weighted by atomic mass is 16.1. The Balaban J connectivity index is 1.92. The molecule has 1 aliphatic carbocycles. The monoisotopic (exact) mass is 302 g/mol. The molecular weight excluding hydrogens is 272 g/mol. The van der Waals surface area contributed by atoms with Gasteiger partial charge in [0.1, 0.15) is 0 Å². The SMILES string of the molecule is CCc1ccc(C(C)(C)CNC(=O)C2CCCC(N)C2)cc1. The number of carbonyl (C=O) groups is 1. The molecule has 3 N–H and O–H groups in total. The summed E-state index contributed by atoms with van der Waals surface area (Å²) in [6.45, 7) is 7.19. The molecule has 0 bridgehead atoms. The number of amides is 1. The molecule has 3 nitrogen and oxygen atoms in total. The van der Waals surface area contributed by atoms with Crippen molar-refractivity contribution >= 4 is 5.91 Å². The molecule has 2 rings (SSSR count). The van der Waals surface area contributed by atoms with Crippen molar-refractivity contribution in [2.45, 2.75) is 64.3 Å². The van der Waals surface area contributed by atoms with Gasteiger partial charge in [0.15, 0.2) is 0 Å². The van der Waals surface area contributed by atoms with Gasteiger partial charge in [-0.2, -0.15) is 0 Å². The van der Waals surface area contributed by atoms with Gasteiger partial charge in [-0.25, -0.2) is 0 Å². The van der Waals surface area contributed by atoms with E-state index in [2.05, 4.69) is 50.4 Å². The number of hydrogen-bond donors (Lipinski definition) is 2. The van der Waals surface area contributed by atoms with Crippen molar-refractivity contribution in [3.63, 3.8) is 0 Å². The van der Waals surface area contributed by atoms with E-state index in [0.717, 1.165) is 32.1 Å². The summed E-state index contributed by atoms with van der Waals surface area (Å²) in [7, 11) is 0. The molecule has 3 heteroatoms. The Morgan fingerprint density at radius 3 is 2.55 bits per heavy atom. The van der Waals surface area contributed by atoms with Crippen LogP contribution in [0.1, 0.15) is 57.6 Å². The van der Waals surface area contributed by atoms with Crippen molar-refractivity contribution in [3.8, 4) is 0 Å². The first kappa shape index (κ1) is 17.0. The summed E-state index contributed by atoms with van der Waals surface area (Å²) in [5.41, 5.74) is 8.54. The van der Waals surface area contributed by atoms with E-state index in [-0.39, 0.29) is 23.3 Å². The van der Waals surface area contributed by atoms with Gasteiger partial charge in [-0.15, -0.1) is 0 Å². The Morgan fingerprint density at radius 1 is 1.27 bits per heavy atom. The molecule has 0 radical (unpaired) electrons. The molecular formula is C19H30N2O. The molecule has 2 atom stereocenters. The molecule has 1 saturated carbocycles. The highest BCUT2D eigenvalue weighted by molar-refractivity contribution is 5.78. The molecule has 1 aromatic rings. The lowest BCUT2D eigenvalue weighted by Gasteiger charge is -2.29. The molecule has 1 fully saturated rings. The Bertz CT molecular complexity index is 493. The van der Waals surface area contributed by atoms with E-state index in [4.69, 9.17) is 5.73 Å².